The third-order valence-electron chi connectivity index (χ3n) is 2.43. The molecule has 0 aliphatic heterocycles. The van der Waals surface area contributed by atoms with Gasteiger partial charge in [-0.15, -0.1) is 0 Å². The van der Waals surface area contributed by atoms with Gasteiger partial charge in [-0.3, -0.25) is 0 Å². The van der Waals surface area contributed by atoms with Gasteiger partial charge in [0.15, 0.2) is 0 Å². The molecule has 0 bridgehead atoms. The Morgan fingerprint density at radius 2 is 2.00 bits per heavy atom. The molecule has 1 aromatic carbocycles. The van der Waals surface area contributed by atoms with Gasteiger partial charge in [0, 0.05) is 13.3 Å². The van der Waals surface area contributed by atoms with Crippen molar-refractivity contribution in [2.24, 2.45) is 0 Å². The fourth-order valence-corrected chi connectivity index (χ4v) is 1.24. The number of carbonyl (C=O) groups excluding carboxylic acids is 1. The van der Waals surface area contributed by atoms with E-state index < -0.39 is 11.5 Å². The molecule has 0 saturated heterocycles. The maximum Gasteiger partial charge on any atom is 1.00 e. The van der Waals surface area contributed by atoms with Gasteiger partial charge < -0.3 is 14.7 Å². The smallest absolute Gasteiger partial charge is 0.542 e. The minimum Gasteiger partial charge on any atom is -0.542 e. The molecule has 4 heteroatoms. The first-order chi connectivity index (χ1) is 7.08. The molecular formula is C12H12NNaO2. The summed E-state index contributed by atoms with van der Waals surface area (Å²) in [5.41, 5.74) is -0.371. The summed E-state index contributed by atoms with van der Waals surface area (Å²) in [4.78, 5) is 13.9. The Bertz CT molecular complexity index is 386. The fourth-order valence-electron chi connectivity index (χ4n) is 1.24. The Hall–Kier alpha value is -0.820. The molecule has 16 heavy (non-hydrogen) atoms. The van der Waals surface area contributed by atoms with Crippen molar-refractivity contribution in [3.05, 3.63) is 47.3 Å². The predicted molar refractivity (Wildman–Crippen MR) is 54.8 cm³/mol. The van der Waals surface area contributed by atoms with Crippen molar-refractivity contribution in [2.75, 3.05) is 0 Å². The van der Waals surface area contributed by atoms with Crippen molar-refractivity contribution in [1.29, 1.82) is 0 Å². The average molecular weight is 225 g/mol. The first-order valence-electron chi connectivity index (χ1n) is 4.72. The summed E-state index contributed by atoms with van der Waals surface area (Å²) in [7, 11) is 0. The summed E-state index contributed by atoms with van der Waals surface area (Å²) >= 11 is 0. The van der Waals surface area contributed by atoms with Gasteiger partial charge in [-0.25, -0.2) is 6.57 Å². The molecule has 0 saturated carbocycles. The largest absolute Gasteiger partial charge is 1.00 e. The number of aryl methyl sites for hydroxylation is 1. The Balaban J connectivity index is 0.00000225. The topological polar surface area (TPSA) is 44.5 Å². The van der Waals surface area contributed by atoms with Gasteiger partial charge in [0.2, 0.25) is 0 Å². The van der Waals surface area contributed by atoms with Crippen LogP contribution in [-0.2, 0) is 11.2 Å². The fraction of sp³-hybridized carbons (Fsp3) is 0.333. The van der Waals surface area contributed by atoms with Crippen LogP contribution in [0.5, 0.6) is 0 Å². The second-order valence-corrected chi connectivity index (χ2v) is 3.66. The third kappa shape index (κ3) is 3.97. The Morgan fingerprint density at radius 3 is 2.44 bits per heavy atom. The molecule has 1 aromatic rings. The summed E-state index contributed by atoms with van der Waals surface area (Å²) in [6.45, 7) is 8.26. The van der Waals surface area contributed by atoms with Crippen molar-refractivity contribution in [1.82, 2.24) is 0 Å². The van der Waals surface area contributed by atoms with Gasteiger partial charge in [-0.2, -0.15) is 0 Å². The molecule has 0 radical (unpaired) electrons. The molecule has 1 unspecified atom stereocenters. The molecule has 0 aromatic heterocycles. The van der Waals surface area contributed by atoms with Crippen molar-refractivity contribution in [3.63, 3.8) is 0 Å². The molecular weight excluding hydrogens is 213 g/mol. The van der Waals surface area contributed by atoms with Crippen LogP contribution in [0.15, 0.2) is 30.3 Å². The number of benzene rings is 1. The number of carboxylic acid groups (broad SMARTS) is 1. The number of carboxylic acids is 1. The second kappa shape index (κ2) is 6.70. The van der Waals surface area contributed by atoms with Gasteiger partial charge in [0.1, 0.15) is 5.97 Å². The van der Waals surface area contributed by atoms with Crippen LogP contribution in [0.2, 0.25) is 0 Å². The molecule has 0 fully saturated rings. The molecule has 0 aliphatic carbocycles. The van der Waals surface area contributed by atoms with Crippen molar-refractivity contribution in [2.45, 2.75) is 25.3 Å². The van der Waals surface area contributed by atoms with Gasteiger partial charge in [-0.05, 0) is 12.0 Å². The monoisotopic (exact) mass is 225 g/mol. The standard InChI is InChI=1S/C12H13NO2.Na/c1-12(13-2,11(14)15)9-8-10-6-4-3-5-7-10;/h3-7H,8-9H2,1H3,(H,14,15);/q;+1/p-1. The van der Waals surface area contributed by atoms with Crippen LogP contribution in [0.1, 0.15) is 18.9 Å². The van der Waals surface area contributed by atoms with Gasteiger partial charge in [-0.1, -0.05) is 30.3 Å². The van der Waals surface area contributed by atoms with Crippen LogP contribution < -0.4 is 34.7 Å². The van der Waals surface area contributed by atoms with Crippen molar-refractivity contribution >= 4 is 5.97 Å². The van der Waals surface area contributed by atoms with E-state index in [1.165, 1.54) is 6.92 Å². The molecule has 0 aliphatic rings. The molecule has 1 atom stereocenters. The minimum atomic E-state index is -1.41. The van der Waals surface area contributed by atoms with E-state index >= 15 is 0 Å². The molecule has 0 spiro atoms. The van der Waals surface area contributed by atoms with Gasteiger partial charge in [0.25, 0.3) is 5.54 Å². The second-order valence-electron chi connectivity index (χ2n) is 3.66. The van der Waals surface area contributed by atoms with Crippen molar-refractivity contribution in [3.8, 4) is 0 Å². The average Bonchev–Trinajstić information content (AvgIpc) is 2.27. The van der Waals surface area contributed by atoms with Crippen LogP contribution in [0.4, 0.5) is 0 Å². The number of rotatable bonds is 4. The maximum atomic E-state index is 10.7. The zero-order valence-corrected chi connectivity index (χ0v) is 11.6. The maximum absolute atomic E-state index is 10.7. The number of nitrogens with zero attached hydrogens (tertiary/aromatic N) is 1. The molecule has 3 nitrogen and oxygen atoms in total. The molecule has 0 heterocycles. The summed E-state index contributed by atoms with van der Waals surface area (Å²) in [5.74, 6) is -1.30. The van der Waals surface area contributed by atoms with E-state index in [4.69, 9.17) is 6.57 Å². The SMILES string of the molecule is [C-]#[N+]C(C)(CCc1ccccc1)C(=O)[O-].[Na+]. The van der Waals surface area contributed by atoms with E-state index in [1.54, 1.807) is 0 Å². The normalized spacial score (nSPS) is 13.0. The van der Waals surface area contributed by atoms with Crippen LogP contribution in [0, 0.1) is 6.57 Å². The minimum absolute atomic E-state index is 0. The molecule has 1 rings (SSSR count). The molecule has 0 N–H and O–H groups in total. The van der Waals surface area contributed by atoms with E-state index in [0.29, 0.717) is 6.42 Å². The van der Waals surface area contributed by atoms with E-state index in [1.807, 2.05) is 30.3 Å². The summed E-state index contributed by atoms with van der Waals surface area (Å²) in [5, 5.41) is 10.7. The quantitative estimate of drug-likeness (QED) is 0.441. The summed E-state index contributed by atoms with van der Waals surface area (Å²) in [6.07, 6.45) is 0.858. The van der Waals surface area contributed by atoms with Gasteiger partial charge >= 0.3 is 29.6 Å². The Labute approximate surface area is 118 Å². The first kappa shape index (κ1) is 15.2. The van der Waals surface area contributed by atoms with E-state index in [-0.39, 0.29) is 36.0 Å². The van der Waals surface area contributed by atoms with Crippen LogP contribution in [0.3, 0.4) is 0 Å². The molecule has 78 valence electrons. The Kier molecular flexibility index (Phi) is 6.35. The number of hydrogen-bond acceptors (Lipinski definition) is 2. The first-order valence-corrected chi connectivity index (χ1v) is 4.72. The zero-order chi connectivity index (χ0) is 11.3. The third-order valence-corrected chi connectivity index (χ3v) is 2.43. The van der Waals surface area contributed by atoms with Crippen LogP contribution in [0.25, 0.3) is 4.85 Å². The zero-order valence-electron chi connectivity index (χ0n) is 9.56. The molecule has 0 amide bonds. The predicted octanol–water partition coefficient (Wildman–Crippen LogP) is -1.95. The van der Waals surface area contributed by atoms with E-state index in [9.17, 15) is 9.90 Å². The van der Waals surface area contributed by atoms with Gasteiger partial charge in [0.05, 0.1) is 0 Å². The van der Waals surface area contributed by atoms with E-state index in [0.717, 1.165) is 5.56 Å². The summed E-state index contributed by atoms with van der Waals surface area (Å²) in [6, 6.07) is 9.52. The number of hydrogen-bond donors (Lipinski definition) is 0. The van der Waals surface area contributed by atoms with Crippen LogP contribution >= 0.6 is 0 Å². The van der Waals surface area contributed by atoms with E-state index in [2.05, 4.69) is 4.85 Å². The number of carbonyl (C=O) groups is 1. The van der Waals surface area contributed by atoms with Crippen molar-refractivity contribution < 1.29 is 39.5 Å². The summed E-state index contributed by atoms with van der Waals surface area (Å²) < 4.78 is 0. The number of aliphatic carboxylic acids is 1. The Morgan fingerprint density at radius 1 is 1.44 bits per heavy atom. The van der Waals surface area contributed by atoms with Crippen LogP contribution in [-0.4, -0.2) is 11.5 Å².